The van der Waals surface area contributed by atoms with E-state index in [0.29, 0.717) is 30.9 Å². The molecule has 1 atom stereocenters. The zero-order valence-electron chi connectivity index (χ0n) is 14.8. The van der Waals surface area contributed by atoms with Crippen LogP contribution in [0.3, 0.4) is 0 Å². The van der Waals surface area contributed by atoms with E-state index in [1.807, 2.05) is 24.1 Å². The van der Waals surface area contributed by atoms with E-state index in [0.717, 1.165) is 25.0 Å². The molecule has 8 heteroatoms. The Balaban J connectivity index is 1.55. The predicted octanol–water partition coefficient (Wildman–Crippen LogP) is 1.67. The van der Waals surface area contributed by atoms with Gasteiger partial charge in [-0.05, 0) is 32.3 Å². The van der Waals surface area contributed by atoms with E-state index in [2.05, 4.69) is 15.2 Å². The number of carbonyl (C=O) groups is 1. The first-order valence-corrected chi connectivity index (χ1v) is 8.98. The Morgan fingerprint density at radius 2 is 2.23 bits per heavy atom. The number of amides is 1. The Morgan fingerprint density at radius 1 is 1.35 bits per heavy atom. The van der Waals surface area contributed by atoms with Gasteiger partial charge in [0.2, 0.25) is 5.91 Å². The third-order valence-electron chi connectivity index (χ3n) is 4.89. The summed E-state index contributed by atoms with van der Waals surface area (Å²) in [6.45, 7) is 3.19. The molecule has 1 saturated heterocycles. The first-order valence-electron chi connectivity index (χ1n) is 8.98. The molecule has 1 fully saturated rings. The highest BCUT2D eigenvalue weighted by Crippen LogP contribution is 2.30. The molecule has 3 aromatic rings. The number of likely N-dealkylation sites (tertiary alicyclic amines) is 1. The van der Waals surface area contributed by atoms with Gasteiger partial charge in [0.25, 0.3) is 5.56 Å². The molecule has 0 spiro atoms. The van der Waals surface area contributed by atoms with Crippen LogP contribution in [0.25, 0.3) is 5.65 Å². The molecule has 1 aliphatic rings. The summed E-state index contributed by atoms with van der Waals surface area (Å²) in [7, 11) is 0. The van der Waals surface area contributed by atoms with Crippen LogP contribution in [0.2, 0.25) is 0 Å². The number of H-pyrrole nitrogens is 1. The second-order valence-electron chi connectivity index (χ2n) is 6.74. The van der Waals surface area contributed by atoms with Crippen LogP contribution < -0.4 is 5.56 Å². The van der Waals surface area contributed by atoms with E-state index in [-0.39, 0.29) is 17.5 Å². The maximum atomic E-state index is 12.8. The summed E-state index contributed by atoms with van der Waals surface area (Å²) >= 11 is 0. The summed E-state index contributed by atoms with van der Waals surface area (Å²) < 4.78 is 3.20. The SMILES string of the molecule is Cc1ccn(CCC(=O)N2CCCCC2c2cc(=O)n3[nH]ccc3n2)n1. The van der Waals surface area contributed by atoms with Crippen molar-refractivity contribution in [2.45, 2.75) is 45.2 Å². The largest absolute Gasteiger partial charge is 0.334 e. The number of fused-ring (bicyclic) bond motifs is 1. The molecular formula is C18H22N6O2. The van der Waals surface area contributed by atoms with Gasteiger partial charge in [0.1, 0.15) is 0 Å². The van der Waals surface area contributed by atoms with Crippen molar-refractivity contribution in [2.24, 2.45) is 0 Å². The Morgan fingerprint density at radius 3 is 3.04 bits per heavy atom. The van der Waals surface area contributed by atoms with Gasteiger partial charge in [-0.15, -0.1) is 0 Å². The number of hydrogen-bond acceptors (Lipinski definition) is 4. The molecule has 1 N–H and O–H groups in total. The van der Waals surface area contributed by atoms with Gasteiger partial charge in [0.15, 0.2) is 5.65 Å². The minimum Gasteiger partial charge on any atom is -0.334 e. The molecule has 0 aromatic carbocycles. The molecule has 136 valence electrons. The summed E-state index contributed by atoms with van der Waals surface area (Å²) in [5, 5.41) is 7.17. The van der Waals surface area contributed by atoms with Crippen molar-refractivity contribution >= 4 is 11.6 Å². The number of piperidine rings is 1. The molecule has 0 bridgehead atoms. The lowest BCUT2D eigenvalue weighted by atomic mass is 9.98. The standard InChI is InChI=1S/C18H22N6O2/c1-13-6-10-22(21-13)11-7-17(25)23-9-3-2-4-15(23)14-12-18(26)24-16(20-14)5-8-19-24/h5-6,8,10,12,15,19H,2-4,7,9,11H2,1H3. The fourth-order valence-electron chi connectivity index (χ4n) is 3.60. The Hall–Kier alpha value is -2.90. The van der Waals surface area contributed by atoms with Gasteiger partial charge in [-0.25, -0.2) is 9.50 Å². The number of aromatic amines is 1. The highest BCUT2D eigenvalue weighted by molar-refractivity contribution is 5.76. The van der Waals surface area contributed by atoms with Gasteiger partial charge in [-0.3, -0.25) is 19.4 Å². The number of nitrogens with one attached hydrogen (secondary N) is 1. The fourth-order valence-corrected chi connectivity index (χ4v) is 3.60. The molecule has 1 amide bonds. The normalized spacial score (nSPS) is 17.7. The van der Waals surface area contributed by atoms with Crippen molar-refractivity contribution < 1.29 is 4.79 Å². The third-order valence-corrected chi connectivity index (χ3v) is 4.89. The number of carbonyl (C=O) groups excluding carboxylic acids is 1. The van der Waals surface area contributed by atoms with Crippen molar-refractivity contribution in [1.82, 2.24) is 29.3 Å². The van der Waals surface area contributed by atoms with Crippen LogP contribution in [0, 0.1) is 6.92 Å². The summed E-state index contributed by atoms with van der Waals surface area (Å²) in [6.07, 6.45) is 6.81. The molecule has 8 nitrogen and oxygen atoms in total. The maximum absolute atomic E-state index is 12.8. The lowest BCUT2D eigenvalue weighted by molar-refractivity contribution is -0.135. The predicted molar refractivity (Wildman–Crippen MR) is 95.7 cm³/mol. The van der Waals surface area contributed by atoms with Crippen molar-refractivity contribution in [3.05, 3.63) is 52.3 Å². The topological polar surface area (TPSA) is 88.3 Å². The van der Waals surface area contributed by atoms with Crippen molar-refractivity contribution in [3.8, 4) is 0 Å². The van der Waals surface area contributed by atoms with E-state index in [1.54, 1.807) is 16.9 Å². The van der Waals surface area contributed by atoms with E-state index >= 15 is 0 Å². The van der Waals surface area contributed by atoms with Gasteiger partial charge < -0.3 is 4.90 Å². The van der Waals surface area contributed by atoms with Gasteiger partial charge in [-0.2, -0.15) is 5.10 Å². The number of nitrogens with zero attached hydrogens (tertiary/aromatic N) is 5. The van der Waals surface area contributed by atoms with Gasteiger partial charge >= 0.3 is 0 Å². The molecule has 4 heterocycles. The highest BCUT2D eigenvalue weighted by Gasteiger charge is 2.29. The van der Waals surface area contributed by atoms with Crippen LogP contribution in [-0.4, -0.2) is 41.7 Å². The van der Waals surface area contributed by atoms with Crippen molar-refractivity contribution in [2.75, 3.05) is 6.54 Å². The molecule has 4 rings (SSSR count). The molecule has 3 aromatic heterocycles. The summed E-state index contributed by atoms with van der Waals surface area (Å²) in [6, 6.07) is 5.09. The molecule has 1 aliphatic heterocycles. The van der Waals surface area contributed by atoms with Crippen molar-refractivity contribution in [3.63, 3.8) is 0 Å². The summed E-state index contributed by atoms with van der Waals surface area (Å²) in [5.41, 5.74) is 2.05. The number of rotatable bonds is 4. The average Bonchev–Trinajstić information content (AvgIpc) is 3.28. The van der Waals surface area contributed by atoms with E-state index < -0.39 is 0 Å². The van der Waals surface area contributed by atoms with Crippen LogP contribution in [0.1, 0.15) is 43.1 Å². The summed E-state index contributed by atoms with van der Waals surface area (Å²) in [5.74, 6) is 0.0823. The molecule has 1 unspecified atom stereocenters. The minimum absolute atomic E-state index is 0.0823. The number of aryl methyl sites for hydroxylation is 2. The Kier molecular flexibility index (Phi) is 4.32. The van der Waals surface area contributed by atoms with E-state index in [1.165, 1.54) is 10.6 Å². The second kappa shape index (κ2) is 6.78. The van der Waals surface area contributed by atoms with Crippen molar-refractivity contribution in [1.29, 1.82) is 0 Å². The average molecular weight is 354 g/mol. The summed E-state index contributed by atoms with van der Waals surface area (Å²) in [4.78, 5) is 31.6. The smallest absolute Gasteiger partial charge is 0.272 e. The Bertz CT molecular complexity index is 985. The first kappa shape index (κ1) is 16.6. The number of aromatic nitrogens is 5. The van der Waals surface area contributed by atoms with Crippen LogP contribution in [-0.2, 0) is 11.3 Å². The third kappa shape index (κ3) is 3.14. The van der Waals surface area contributed by atoms with Crippen LogP contribution in [0.4, 0.5) is 0 Å². The van der Waals surface area contributed by atoms with Gasteiger partial charge in [-0.1, -0.05) is 0 Å². The lowest BCUT2D eigenvalue weighted by Crippen LogP contribution is -2.39. The van der Waals surface area contributed by atoms with Crippen LogP contribution >= 0.6 is 0 Å². The molecule has 26 heavy (non-hydrogen) atoms. The van der Waals surface area contributed by atoms with Gasteiger partial charge in [0, 0.05) is 44.0 Å². The quantitative estimate of drug-likeness (QED) is 0.772. The Labute approximate surface area is 150 Å². The fraction of sp³-hybridized carbons (Fsp3) is 0.444. The van der Waals surface area contributed by atoms with E-state index in [9.17, 15) is 9.59 Å². The van der Waals surface area contributed by atoms with Crippen LogP contribution in [0.5, 0.6) is 0 Å². The number of hydrogen-bond donors (Lipinski definition) is 1. The van der Waals surface area contributed by atoms with Crippen LogP contribution in [0.15, 0.2) is 35.4 Å². The zero-order valence-corrected chi connectivity index (χ0v) is 14.8. The highest BCUT2D eigenvalue weighted by atomic mass is 16.2. The second-order valence-corrected chi connectivity index (χ2v) is 6.74. The molecule has 0 saturated carbocycles. The molecule has 0 radical (unpaired) electrons. The first-order chi connectivity index (χ1) is 12.6. The lowest BCUT2D eigenvalue weighted by Gasteiger charge is -2.35. The monoisotopic (exact) mass is 354 g/mol. The molecule has 0 aliphatic carbocycles. The van der Waals surface area contributed by atoms with E-state index in [4.69, 9.17) is 0 Å². The minimum atomic E-state index is -0.153. The zero-order chi connectivity index (χ0) is 18.1. The maximum Gasteiger partial charge on any atom is 0.272 e. The molecular weight excluding hydrogens is 332 g/mol. The van der Waals surface area contributed by atoms with Gasteiger partial charge in [0.05, 0.1) is 17.4 Å².